The molecule has 0 radical (unpaired) electrons. The first-order chi connectivity index (χ1) is 8.56. The van der Waals surface area contributed by atoms with Crippen LogP contribution in [0.5, 0.6) is 0 Å². The van der Waals surface area contributed by atoms with Gasteiger partial charge in [0.15, 0.2) is 5.13 Å². The Morgan fingerprint density at radius 2 is 2.21 bits per heavy atom. The minimum atomic E-state index is 0. The van der Waals surface area contributed by atoms with Gasteiger partial charge in [-0.3, -0.25) is 4.90 Å². The molecule has 0 aliphatic carbocycles. The van der Waals surface area contributed by atoms with Crippen LogP contribution in [-0.2, 0) is 6.54 Å². The van der Waals surface area contributed by atoms with Gasteiger partial charge in [0.05, 0.1) is 0 Å². The molecule has 0 spiro atoms. The number of nitrogens with two attached hydrogens (primary N) is 1. The maximum atomic E-state index is 6.01. The topological polar surface area (TPSA) is 42.2 Å². The van der Waals surface area contributed by atoms with E-state index >= 15 is 0 Å². The van der Waals surface area contributed by atoms with Crippen molar-refractivity contribution < 1.29 is 0 Å². The fourth-order valence-corrected chi connectivity index (χ4v) is 2.75. The van der Waals surface area contributed by atoms with E-state index in [2.05, 4.69) is 29.9 Å². The highest BCUT2D eigenvalue weighted by Gasteiger charge is 2.13. The quantitative estimate of drug-likeness (QED) is 0.927. The fourth-order valence-electron chi connectivity index (χ4n) is 1.80. The summed E-state index contributed by atoms with van der Waals surface area (Å²) in [7, 11) is 2.08. The van der Waals surface area contributed by atoms with E-state index in [4.69, 9.17) is 17.3 Å². The molecule has 0 bridgehead atoms. The van der Waals surface area contributed by atoms with E-state index in [0.717, 1.165) is 11.6 Å². The van der Waals surface area contributed by atoms with Crippen molar-refractivity contribution in [1.29, 1.82) is 0 Å². The van der Waals surface area contributed by atoms with Gasteiger partial charge in [-0.1, -0.05) is 23.7 Å². The Balaban J connectivity index is 0.00000180. The van der Waals surface area contributed by atoms with Crippen LogP contribution in [0.15, 0.2) is 30.5 Å². The number of anilines is 1. The minimum absolute atomic E-state index is 0. The van der Waals surface area contributed by atoms with Gasteiger partial charge in [0.2, 0.25) is 0 Å². The van der Waals surface area contributed by atoms with Gasteiger partial charge in [-0.2, -0.15) is 0 Å². The van der Waals surface area contributed by atoms with Crippen molar-refractivity contribution in [3.8, 4) is 0 Å². The smallest absolute Gasteiger partial charge is 0.180 e. The number of rotatable bonds is 4. The van der Waals surface area contributed by atoms with Crippen molar-refractivity contribution in [2.45, 2.75) is 19.5 Å². The van der Waals surface area contributed by atoms with E-state index in [1.165, 1.54) is 21.8 Å². The first-order valence-electron chi connectivity index (χ1n) is 5.72. The molecule has 0 aliphatic heterocycles. The molecule has 6 heteroatoms. The predicted octanol–water partition coefficient (Wildman–Crippen LogP) is 3.99. The molecule has 19 heavy (non-hydrogen) atoms. The van der Waals surface area contributed by atoms with Gasteiger partial charge in [-0.15, -0.1) is 23.7 Å². The first-order valence-corrected chi connectivity index (χ1v) is 6.91. The van der Waals surface area contributed by atoms with Crippen LogP contribution in [0.3, 0.4) is 0 Å². The second-order valence-electron chi connectivity index (χ2n) is 4.31. The summed E-state index contributed by atoms with van der Waals surface area (Å²) in [6.45, 7) is 3.00. The van der Waals surface area contributed by atoms with Crippen molar-refractivity contribution in [3.05, 3.63) is 45.9 Å². The summed E-state index contributed by atoms with van der Waals surface area (Å²) in [4.78, 5) is 7.48. The predicted molar refractivity (Wildman–Crippen MR) is 85.1 cm³/mol. The van der Waals surface area contributed by atoms with Crippen molar-refractivity contribution in [3.63, 3.8) is 0 Å². The molecule has 0 amide bonds. The number of nitrogens with zero attached hydrogens (tertiary/aromatic N) is 2. The van der Waals surface area contributed by atoms with Gasteiger partial charge in [0.1, 0.15) is 0 Å². The van der Waals surface area contributed by atoms with Crippen LogP contribution in [0.1, 0.15) is 23.4 Å². The molecule has 2 rings (SSSR count). The molecule has 0 fully saturated rings. The van der Waals surface area contributed by atoms with Crippen LogP contribution in [0.2, 0.25) is 5.02 Å². The number of halogens is 2. The Hall–Kier alpha value is -0.810. The molecule has 1 atom stereocenters. The molecule has 1 unspecified atom stereocenters. The monoisotopic (exact) mass is 317 g/mol. The van der Waals surface area contributed by atoms with Crippen LogP contribution in [-0.4, -0.2) is 16.9 Å². The molecule has 1 aromatic carbocycles. The summed E-state index contributed by atoms with van der Waals surface area (Å²) in [6.07, 6.45) is 1.83. The summed E-state index contributed by atoms with van der Waals surface area (Å²) in [6, 6.07) is 8.26. The zero-order valence-corrected chi connectivity index (χ0v) is 13.2. The zero-order valence-electron chi connectivity index (χ0n) is 10.8. The lowest BCUT2D eigenvalue weighted by Gasteiger charge is -2.24. The molecule has 3 nitrogen and oxygen atoms in total. The number of hydrogen-bond donors (Lipinski definition) is 1. The fraction of sp³-hybridized carbons (Fsp3) is 0.308. The molecule has 0 saturated carbocycles. The van der Waals surface area contributed by atoms with E-state index in [0.29, 0.717) is 11.2 Å². The van der Waals surface area contributed by atoms with Crippen LogP contribution in [0.4, 0.5) is 5.13 Å². The molecular weight excluding hydrogens is 301 g/mol. The number of nitrogen functional groups attached to an aromatic ring is 1. The van der Waals surface area contributed by atoms with Crippen molar-refractivity contribution >= 4 is 40.5 Å². The van der Waals surface area contributed by atoms with Crippen LogP contribution in [0, 0.1) is 0 Å². The lowest BCUT2D eigenvalue weighted by molar-refractivity contribution is 0.255. The van der Waals surface area contributed by atoms with Crippen LogP contribution in [0.25, 0.3) is 0 Å². The molecular formula is C13H17Cl2N3S. The van der Waals surface area contributed by atoms with Crippen LogP contribution < -0.4 is 5.73 Å². The standard InChI is InChI=1S/C13H16ClN3S.ClH/c1-9(10-4-3-5-11(14)6-10)17(2)8-12-7-16-13(15)18-12;/h3-7,9H,8H2,1-2H3,(H2,15,16);1H. The van der Waals surface area contributed by atoms with Crippen LogP contribution >= 0.6 is 35.3 Å². The largest absolute Gasteiger partial charge is 0.375 e. The molecule has 2 N–H and O–H groups in total. The lowest BCUT2D eigenvalue weighted by atomic mass is 10.1. The molecule has 1 heterocycles. The van der Waals surface area contributed by atoms with E-state index < -0.39 is 0 Å². The second kappa shape index (κ2) is 7.10. The molecule has 2 aromatic rings. The minimum Gasteiger partial charge on any atom is -0.375 e. The lowest BCUT2D eigenvalue weighted by Crippen LogP contribution is -2.21. The summed E-state index contributed by atoms with van der Waals surface area (Å²) in [5, 5.41) is 1.39. The van der Waals surface area contributed by atoms with E-state index in [9.17, 15) is 0 Å². The number of benzene rings is 1. The summed E-state index contributed by atoms with van der Waals surface area (Å²) in [5.74, 6) is 0. The van der Waals surface area contributed by atoms with Crippen molar-refractivity contribution in [2.75, 3.05) is 12.8 Å². The van der Waals surface area contributed by atoms with Gasteiger partial charge >= 0.3 is 0 Å². The van der Waals surface area contributed by atoms with Gasteiger partial charge in [0.25, 0.3) is 0 Å². The average Bonchev–Trinajstić information content (AvgIpc) is 2.73. The Morgan fingerprint density at radius 3 is 2.79 bits per heavy atom. The Kier molecular flexibility index (Phi) is 6.07. The normalized spacial score (nSPS) is 12.2. The van der Waals surface area contributed by atoms with Gasteiger partial charge in [-0.25, -0.2) is 4.98 Å². The highest BCUT2D eigenvalue weighted by molar-refractivity contribution is 7.15. The SMILES string of the molecule is CC(c1cccc(Cl)c1)N(C)Cc1cnc(N)s1.Cl. The Labute approximate surface area is 128 Å². The number of hydrogen-bond acceptors (Lipinski definition) is 4. The third kappa shape index (κ3) is 4.35. The van der Waals surface area contributed by atoms with E-state index in [-0.39, 0.29) is 12.4 Å². The Morgan fingerprint density at radius 1 is 1.47 bits per heavy atom. The third-order valence-corrected chi connectivity index (χ3v) is 4.02. The highest BCUT2D eigenvalue weighted by atomic mass is 35.5. The maximum Gasteiger partial charge on any atom is 0.180 e. The maximum absolute atomic E-state index is 6.01. The summed E-state index contributed by atoms with van der Waals surface area (Å²) in [5.41, 5.74) is 6.84. The molecule has 0 aliphatic rings. The number of aromatic nitrogens is 1. The highest BCUT2D eigenvalue weighted by Crippen LogP contribution is 2.25. The van der Waals surface area contributed by atoms with Gasteiger partial charge in [0, 0.05) is 28.7 Å². The average molecular weight is 318 g/mol. The zero-order chi connectivity index (χ0) is 13.1. The summed E-state index contributed by atoms with van der Waals surface area (Å²) < 4.78 is 0. The van der Waals surface area contributed by atoms with E-state index in [1.54, 1.807) is 0 Å². The molecule has 104 valence electrons. The molecule has 1 aromatic heterocycles. The van der Waals surface area contributed by atoms with Gasteiger partial charge < -0.3 is 5.73 Å². The van der Waals surface area contributed by atoms with E-state index in [1.807, 2.05) is 24.4 Å². The number of thiazole rings is 1. The third-order valence-electron chi connectivity index (χ3n) is 2.97. The van der Waals surface area contributed by atoms with Crippen molar-refractivity contribution in [2.24, 2.45) is 0 Å². The van der Waals surface area contributed by atoms with Crippen molar-refractivity contribution in [1.82, 2.24) is 9.88 Å². The van der Waals surface area contributed by atoms with Gasteiger partial charge in [-0.05, 0) is 31.7 Å². The second-order valence-corrected chi connectivity index (χ2v) is 5.89. The first kappa shape index (κ1) is 16.2. The molecule has 0 saturated heterocycles. The summed E-state index contributed by atoms with van der Waals surface area (Å²) >= 11 is 7.54. The Bertz CT molecular complexity index is 530.